The topological polar surface area (TPSA) is 192 Å². The molecular formula is C17H27O10Ti. The van der Waals surface area contributed by atoms with E-state index in [2.05, 4.69) is 0 Å². The molecule has 0 aromatic heterocycles. The molecule has 0 aliphatic heterocycles. The van der Waals surface area contributed by atoms with Crippen LogP contribution in [-0.4, -0.2) is 47.0 Å². The molecule has 0 atom stereocenters. The number of aliphatic hydroxyl groups excluding tert-OH is 1. The third kappa shape index (κ3) is 49.6. The van der Waals surface area contributed by atoms with Crippen molar-refractivity contribution < 1.29 is 70.9 Å². The maximum Gasteiger partial charge on any atom is 3.00 e. The minimum Gasteiger partial charge on any atom is -0.550 e. The van der Waals surface area contributed by atoms with Crippen molar-refractivity contribution in [1.82, 2.24) is 0 Å². The van der Waals surface area contributed by atoms with E-state index in [1.807, 2.05) is 0 Å². The number of rotatable bonds is 9. The first kappa shape index (κ1) is 36.9. The zero-order valence-corrected chi connectivity index (χ0v) is 18.1. The van der Waals surface area contributed by atoms with E-state index in [0.29, 0.717) is 0 Å². The number of carboxylic acid groups (broad SMARTS) is 3. The largest absolute Gasteiger partial charge is 3.00 e. The Morgan fingerprint density at radius 2 is 0.714 bits per heavy atom. The molecule has 28 heavy (non-hydrogen) atoms. The molecule has 0 spiro atoms. The summed E-state index contributed by atoms with van der Waals surface area (Å²) in [5.74, 6) is -4.74. The van der Waals surface area contributed by atoms with Crippen molar-refractivity contribution in [2.24, 2.45) is 0 Å². The summed E-state index contributed by atoms with van der Waals surface area (Å²) in [5, 5.41) is 36.5. The third-order valence-corrected chi connectivity index (χ3v) is 2.21. The molecule has 0 heterocycles. The zero-order chi connectivity index (χ0) is 22.4. The molecule has 1 N–H and O–H groups in total. The van der Waals surface area contributed by atoms with Gasteiger partial charge in [0.05, 0.1) is 0 Å². The number of Topliss-reactive ketones (excluding diaryl/α,β-unsaturated/α-hetero) is 3. The summed E-state index contributed by atoms with van der Waals surface area (Å²) < 4.78 is 0. The summed E-state index contributed by atoms with van der Waals surface area (Å²) in [7, 11) is 0. The standard InChI is InChI=1S/3C5H8O3.C2H6O.Ti/c3*1-2-4(6)3-5(7)8;1-2-3;/h3*2-3H2,1H3,(H,7,8);3H,2H2,1H3;/q;;;;+3/p-3. The maximum absolute atomic E-state index is 10.2. The molecule has 0 amide bonds. The fourth-order valence-electron chi connectivity index (χ4n) is 0.858. The second kappa shape index (κ2) is 27.3. The van der Waals surface area contributed by atoms with Crippen LogP contribution in [0, 0.1) is 0 Å². The molecule has 0 bridgehead atoms. The van der Waals surface area contributed by atoms with Gasteiger partial charge in [-0.2, -0.15) is 0 Å². The molecule has 0 unspecified atom stereocenters. The first-order valence-corrected chi connectivity index (χ1v) is 8.16. The first-order valence-electron chi connectivity index (χ1n) is 8.16. The second-order valence-corrected chi connectivity index (χ2v) is 4.64. The van der Waals surface area contributed by atoms with Crippen molar-refractivity contribution in [2.45, 2.75) is 66.2 Å². The Balaban J connectivity index is -0.0000000866. The zero-order valence-electron chi connectivity index (χ0n) is 16.6. The molecule has 1 radical (unpaired) electrons. The van der Waals surface area contributed by atoms with Crippen molar-refractivity contribution >= 4 is 35.3 Å². The molecule has 0 saturated carbocycles. The number of aliphatic carboxylic acids is 3. The molecule has 0 aromatic carbocycles. The van der Waals surface area contributed by atoms with Gasteiger partial charge in [0.15, 0.2) is 0 Å². The Morgan fingerprint density at radius 3 is 0.750 bits per heavy atom. The van der Waals surface area contributed by atoms with Gasteiger partial charge in [0.25, 0.3) is 0 Å². The summed E-state index contributed by atoms with van der Waals surface area (Å²) in [5.41, 5.74) is 0. The third-order valence-electron chi connectivity index (χ3n) is 2.21. The Hall–Kier alpha value is -1.91. The summed E-state index contributed by atoms with van der Waals surface area (Å²) >= 11 is 0. The summed E-state index contributed by atoms with van der Waals surface area (Å²) in [4.78, 5) is 59.5. The van der Waals surface area contributed by atoms with E-state index in [1.165, 1.54) is 0 Å². The van der Waals surface area contributed by atoms with Crippen molar-refractivity contribution in [1.29, 1.82) is 0 Å². The van der Waals surface area contributed by atoms with Gasteiger partial charge >= 0.3 is 21.7 Å². The first-order chi connectivity index (χ1) is 12.4. The number of hydrogen-bond donors (Lipinski definition) is 1. The van der Waals surface area contributed by atoms with Crippen LogP contribution in [0.5, 0.6) is 0 Å². The van der Waals surface area contributed by atoms with Crippen molar-refractivity contribution in [3.05, 3.63) is 0 Å². The van der Waals surface area contributed by atoms with Crippen LogP contribution in [0.25, 0.3) is 0 Å². The molecule has 0 rings (SSSR count). The van der Waals surface area contributed by atoms with Gasteiger partial charge in [-0.1, -0.05) is 20.8 Å². The smallest absolute Gasteiger partial charge is 0.550 e. The predicted molar refractivity (Wildman–Crippen MR) is 87.5 cm³/mol. The second-order valence-electron chi connectivity index (χ2n) is 4.64. The van der Waals surface area contributed by atoms with Gasteiger partial charge in [-0.15, -0.1) is 0 Å². The molecule has 0 aliphatic carbocycles. The maximum atomic E-state index is 10.2. The number of carbonyl (C=O) groups is 6. The van der Waals surface area contributed by atoms with E-state index < -0.39 is 37.2 Å². The van der Waals surface area contributed by atoms with Crippen LogP contribution in [0.2, 0.25) is 0 Å². The number of aliphatic hydroxyl groups is 1. The van der Waals surface area contributed by atoms with E-state index >= 15 is 0 Å². The normalized spacial score (nSPS) is 8.04. The Bertz CT molecular complexity index is 408. The average molecular weight is 439 g/mol. The van der Waals surface area contributed by atoms with E-state index in [-0.39, 0.29) is 64.9 Å². The van der Waals surface area contributed by atoms with Gasteiger partial charge in [-0.05, 0) is 6.92 Å². The van der Waals surface area contributed by atoms with Crippen LogP contribution in [-0.2, 0) is 50.5 Å². The van der Waals surface area contributed by atoms with Gasteiger partial charge in [0, 0.05) is 63.0 Å². The van der Waals surface area contributed by atoms with E-state index in [4.69, 9.17) is 5.11 Å². The minimum atomic E-state index is -1.29. The van der Waals surface area contributed by atoms with Crippen molar-refractivity contribution in [2.75, 3.05) is 6.61 Å². The fraction of sp³-hybridized carbons (Fsp3) is 0.647. The van der Waals surface area contributed by atoms with Gasteiger partial charge in [0.1, 0.15) is 17.3 Å². The summed E-state index contributed by atoms with van der Waals surface area (Å²) in [6.45, 7) is 6.78. The number of carbonyl (C=O) groups excluding carboxylic acids is 6. The Kier molecular flexibility index (Phi) is 36.0. The predicted octanol–water partition coefficient (Wildman–Crippen LogP) is -2.69. The van der Waals surface area contributed by atoms with Gasteiger partial charge in [-0.25, -0.2) is 0 Å². The molecule has 11 heteroatoms. The van der Waals surface area contributed by atoms with Crippen LogP contribution in [0.4, 0.5) is 0 Å². The molecule has 0 fully saturated rings. The molecule has 0 aliphatic rings. The van der Waals surface area contributed by atoms with Crippen LogP contribution >= 0.6 is 0 Å². The Labute approximate surface area is 179 Å². The number of hydrogen-bond acceptors (Lipinski definition) is 10. The van der Waals surface area contributed by atoms with Gasteiger partial charge in [-0.3, -0.25) is 14.4 Å². The molecule has 0 saturated heterocycles. The van der Waals surface area contributed by atoms with E-state index in [1.54, 1.807) is 27.7 Å². The van der Waals surface area contributed by atoms with Gasteiger partial charge < -0.3 is 34.8 Å². The molecule has 0 aromatic rings. The van der Waals surface area contributed by atoms with E-state index in [9.17, 15) is 44.1 Å². The molecule has 159 valence electrons. The Morgan fingerprint density at radius 1 is 0.571 bits per heavy atom. The molecule has 10 nitrogen and oxygen atoms in total. The van der Waals surface area contributed by atoms with Crippen LogP contribution in [0.15, 0.2) is 0 Å². The average Bonchev–Trinajstić information content (AvgIpc) is 2.54. The fourth-order valence-corrected chi connectivity index (χ4v) is 0.858. The summed E-state index contributed by atoms with van der Waals surface area (Å²) in [6.07, 6.45) is -0.528. The SMILES string of the molecule is CCC(=O)CC(=O)[O-].CCC(=O)CC(=O)[O-].CCC(=O)CC(=O)[O-].CCO.[Ti+3]. The molecular weight excluding hydrogens is 412 g/mol. The van der Waals surface area contributed by atoms with Crippen molar-refractivity contribution in [3.8, 4) is 0 Å². The van der Waals surface area contributed by atoms with E-state index in [0.717, 1.165) is 0 Å². The number of ketones is 3. The van der Waals surface area contributed by atoms with Crippen LogP contribution < -0.4 is 15.3 Å². The van der Waals surface area contributed by atoms with Crippen molar-refractivity contribution in [3.63, 3.8) is 0 Å². The number of carboxylic acids is 3. The minimum absolute atomic E-state index is 0. The monoisotopic (exact) mass is 439 g/mol. The van der Waals surface area contributed by atoms with Gasteiger partial charge in [0.2, 0.25) is 0 Å². The van der Waals surface area contributed by atoms with Crippen LogP contribution in [0.1, 0.15) is 66.2 Å². The van der Waals surface area contributed by atoms with Crippen LogP contribution in [0.3, 0.4) is 0 Å². The quantitative estimate of drug-likeness (QED) is 0.292. The summed E-state index contributed by atoms with van der Waals surface area (Å²) in [6, 6.07) is 0.